The number of methoxy groups -OCH3 is 1. The molecule has 0 saturated carbocycles. The fourth-order valence-corrected chi connectivity index (χ4v) is 4.74. The van der Waals surface area contributed by atoms with Crippen LogP contribution in [0.4, 0.5) is 10.1 Å². The number of halogens is 2. The predicted molar refractivity (Wildman–Crippen MR) is 119 cm³/mol. The van der Waals surface area contributed by atoms with Gasteiger partial charge < -0.3 is 15.5 Å². The molecule has 162 valence electrons. The summed E-state index contributed by atoms with van der Waals surface area (Å²) in [4.78, 5) is 13.2. The summed E-state index contributed by atoms with van der Waals surface area (Å²) in [6.45, 7) is 2.06. The molecule has 7 nitrogen and oxygen atoms in total. The number of nitrogens with one attached hydrogen (secondary N) is 2. The maximum atomic E-state index is 14.1. The molecule has 3 aromatic rings. The maximum Gasteiger partial charge on any atom is 0.240 e. The van der Waals surface area contributed by atoms with Crippen LogP contribution in [0.1, 0.15) is 30.8 Å². The van der Waals surface area contributed by atoms with Crippen molar-refractivity contribution in [3.63, 3.8) is 0 Å². The van der Waals surface area contributed by atoms with Crippen molar-refractivity contribution >= 4 is 35.0 Å². The summed E-state index contributed by atoms with van der Waals surface area (Å²) in [5, 5.41) is 11.5. The number of aryl methyl sites for hydroxylation is 1. The van der Waals surface area contributed by atoms with E-state index >= 15 is 0 Å². The lowest BCUT2D eigenvalue weighted by atomic mass is 10.0. The highest BCUT2D eigenvalue weighted by atomic mass is 35.5. The van der Waals surface area contributed by atoms with Crippen molar-refractivity contribution in [2.75, 3.05) is 17.9 Å². The molecule has 0 radical (unpaired) electrons. The monoisotopic (exact) mass is 461 g/mol. The molecule has 2 atom stereocenters. The Balaban J connectivity index is 1.70. The van der Waals surface area contributed by atoms with E-state index in [1.807, 2.05) is 10.7 Å². The molecule has 2 heterocycles. The minimum absolute atomic E-state index is 0.123. The fraction of sp³-hybridized carbons (Fsp3) is 0.286. The van der Waals surface area contributed by atoms with Gasteiger partial charge in [0.05, 0.1) is 23.9 Å². The minimum Gasteiger partial charge on any atom is -0.495 e. The van der Waals surface area contributed by atoms with Gasteiger partial charge in [0.15, 0.2) is 5.82 Å². The zero-order valence-electron chi connectivity index (χ0n) is 16.9. The van der Waals surface area contributed by atoms with Crippen molar-refractivity contribution in [2.45, 2.75) is 36.2 Å². The smallest absolute Gasteiger partial charge is 0.240 e. The third kappa shape index (κ3) is 4.33. The molecule has 1 aromatic heterocycles. The van der Waals surface area contributed by atoms with Crippen LogP contribution >= 0.6 is 23.4 Å². The van der Waals surface area contributed by atoms with Gasteiger partial charge in [-0.3, -0.25) is 4.79 Å². The first kappa shape index (κ1) is 21.5. The third-order valence-corrected chi connectivity index (χ3v) is 6.41. The number of anilines is 1. The Morgan fingerprint density at radius 2 is 2.13 bits per heavy atom. The maximum absolute atomic E-state index is 14.1. The standard InChI is InChI=1S/C21H21ClFN5O2S/c1-3-6-17-25-26-21-28(17)27-18(12-9-10-16(30-2)13(22)11-12)19(31-21)20(29)24-15-8-5-4-7-14(15)23/h4-5,7-11,18-19,27H,3,6H2,1-2H3,(H,24,29)/t18-,19-/m0/s1. The highest BCUT2D eigenvalue weighted by Gasteiger charge is 2.38. The summed E-state index contributed by atoms with van der Waals surface area (Å²) in [6.07, 6.45) is 1.64. The SMILES string of the molecule is CCCc1nnc2n1N[C@@H](c1ccc(OC)c(Cl)c1)[C@@H](C(=O)Nc1ccccc1F)S2. The summed E-state index contributed by atoms with van der Waals surface area (Å²) in [5.41, 5.74) is 4.27. The number of ether oxygens (including phenoxy) is 1. The predicted octanol–water partition coefficient (Wildman–Crippen LogP) is 4.43. The Labute approximate surface area is 188 Å². The number of carbonyl (C=O) groups is 1. The average molecular weight is 462 g/mol. The van der Waals surface area contributed by atoms with Crippen molar-refractivity contribution in [3.8, 4) is 5.75 Å². The number of fused-ring (bicyclic) bond motifs is 1. The van der Waals surface area contributed by atoms with Gasteiger partial charge in [0.2, 0.25) is 11.1 Å². The Kier molecular flexibility index (Phi) is 6.33. The molecule has 1 amide bonds. The number of nitrogens with zero attached hydrogens (tertiary/aromatic N) is 3. The molecule has 0 unspecified atom stereocenters. The van der Waals surface area contributed by atoms with Crippen molar-refractivity contribution in [1.29, 1.82) is 0 Å². The lowest BCUT2D eigenvalue weighted by molar-refractivity contribution is -0.116. The van der Waals surface area contributed by atoms with E-state index in [0.29, 0.717) is 15.9 Å². The van der Waals surface area contributed by atoms with E-state index in [0.717, 1.165) is 24.2 Å². The van der Waals surface area contributed by atoms with E-state index in [-0.39, 0.29) is 11.6 Å². The first-order chi connectivity index (χ1) is 15.0. The number of benzene rings is 2. The van der Waals surface area contributed by atoms with E-state index in [4.69, 9.17) is 16.3 Å². The summed E-state index contributed by atoms with van der Waals surface area (Å²) >= 11 is 7.62. The Morgan fingerprint density at radius 1 is 1.32 bits per heavy atom. The largest absolute Gasteiger partial charge is 0.495 e. The van der Waals surface area contributed by atoms with E-state index < -0.39 is 17.1 Å². The summed E-state index contributed by atoms with van der Waals surface area (Å²) in [7, 11) is 1.54. The van der Waals surface area contributed by atoms with Gasteiger partial charge in [-0.25, -0.2) is 9.07 Å². The van der Waals surface area contributed by atoms with E-state index in [2.05, 4.69) is 27.9 Å². The molecular formula is C21H21ClFN5O2S. The highest BCUT2D eigenvalue weighted by Crippen LogP contribution is 2.39. The van der Waals surface area contributed by atoms with Crippen LogP contribution in [0.2, 0.25) is 5.02 Å². The fourth-order valence-electron chi connectivity index (χ4n) is 3.38. The summed E-state index contributed by atoms with van der Waals surface area (Å²) in [5.74, 6) is 0.466. The van der Waals surface area contributed by atoms with Gasteiger partial charge in [-0.05, 0) is 36.2 Å². The van der Waals surface area contributed by atoms with Crippen LogP contribution < -0.4 is 15.5 Å². The minimum atomic E-state index is -0.643. The van der Waals surface area contributed by atoms with Crippen LogP contribution in [-0.2, 0) is 11.2 Å². The molecule has 4 rings (SSSR count). The van der Waals surface area contributed by atoms with Crippen LogP contribution in [0.5, 0.6) is 5.75 Å². The molecule has 0 aliphatic carbocycles. The number of aromatic nitrogens is 3. The van der Waals surface area contributed by atoms with Crippen LogP contribution in [0.25, 0.3) is 0 Å². The molecule has 0 bridgehead atoms. The lowest BCUT2D eigenvalue weighted by Gasteiger charge is -2.33. The zero-order valence-corrected chi connectivity index (χ0v) is 18.5. The van der Waals surface area contributed by atoms with E-state index in [1.165, 1.54) is 23.9 Å². The molecule has 2 aromatic carbocycles. The molecule has 1 aliphatic heterocycles. The molecule has 0 saturated heterocycles. The summed E-state index contributed by atoms with van der Waals surface area (Å²) in [6, 6.07) is 11.0. The Hall–Kier alpha value is -2.78. The van der Waals surface area contributed by atoms with Gasteiger partial charge in [0.25, 0.3) is 0 Å². The van der Waals surface area contributed by atoms with Gasteiger partial charge in [-0.15, -0.1) is 10.2 Å². The van der Waals surface area contributed by atoms with Crippen LogP contribution in [0.15, 0.2) is 47.6 Å². The van der Waals surface area contributed by atoms with Crippen molar-refractivity contribution in [1.82, 2.24) is 14.9 Å². The van der Waals surface area contributed by atoms with Gasteiger partial charge in [-0.1, -0.05) is 48.5 Å². The number of para-hydroxylation sites is 1. The van der Waals surface area contributed by atoms with E-state index in [1.54, 1.807) is 31.4 Å². The number of amides is 1. The number of thioether (sulfide) groups is 1. The van der Waals surface area contributed by atoms with Gasteiger partial charge in [-0.2, -0.15) is 0 Å². The number of rotatable bonds is 6. The van der Waals surface area contributed by atoms with Gasteiger partial charge in [0, 0.05) is 6.42 Å². The van der Waals surface area contributed by atoms with Crippen molar-refractivity contribution < 1.29 is 13.9 Å². The number of hydrogen-bond donors (Lipinski definition) is 2. The molecule has 1 aliphatic rings. The number of hydrogen-bond acceptors (Lipinski definition) is 6. The second-order valence-corrected chi connectivity index (χ2v) is 8.51. The summed E-state index contributed by atoms with van der Waals surface area (Å²) < 4.78 is 21.2. The van der Waals surface area contributed by atoms with Crippen molar-refractivity contribution in [3.05, 3.63) is 64.7 Å². The van der Waals surface area contributed by atoms with Crippen LogP contribution in [0, 0.1) is 5.82 Å². The zero-order chi connectivity index (χ0) is 22.0. The molecule has 0 fully saturated rings. The van der Waals surface area contributed by atoms with Gasteiger partial charge >= 0.3 is 0 Å². The normalized spacial score (nSPS) is 17.5. The third-order valence-electron chi connectivity index (χ3n) is 4.90. The average Bonchev–Trinajstić information content (AvgIpc) is 3.16. The first-order valence-electron chi connectivity index (χ1n) is 9.78. The molecule has 31 heavy (non-hydrogen) atoms. The van der Waals surface area contributed by atoms with Crippen LogP contribution in [0.3, 0.4) is 0 Å². The Bertz CT molecular complexity index is 1110. The topological polar surface area (TPSA) is 81.1 Å². The molecule has 2 N–H and O–H groups in total. The quantitative estimate of drug-likeness (QED) is 0.565. The van der Waals surface area contributed by atoms with Crippen LogP contribution in [-0.4, -0.2) is 33.1 Å². The lowest BCUT2D eigenvalue weighted by Crippen LogP contribution is -2.41. The van der Waals surface area contributed by atoms with Crippen molar-refractivity contribution in [2.24, 2.45) is 0 Å². The molecule has 10 heteroatoms. The van der Waals surface area contributed by atoms with E-state index in [9.17, 15) is 9.18 Å². The second kappa shape index (κ2) is 9.15. The first-order valence-corrected chi connectivity index (χ1v) is 11.0. The second-order valence-electron chi connectivity index (χ2n) is 6.99. The highest BCUT2D eigenvalue weighted by molar-refractivity contribution is 8.00. The Morgan fingerprint density at radius 3 is 2.84 bits per heavy atom. The molecule has 0 spiro atoms. The number of carbonyl (C=O) groups excluding carboxylic acids is 1. The van der Waals surface area contributed by atoms with Gasteiger partial charge in [0.1, 0.15) is 16.8 Å². The molecular weight excluding hydrogens is 441 g/mol.